The van der Waals surface area contributed by atoms with E-state index in [9.17, 15) is 4.79 Å². The monoisotopic (exact) mass is 396 g/mol. The summed E-state index contributed by atoms with van der Waals surface area (Å²) in [5, 5.41) is 23.3. The number of hydrogen-bond donors (Lipinski definition) is 5. The third-order valence-corrected chi connectivity index (χ3v) is 4.50. The van der Waals surface area contributed by atoms with E-state index in [1.807, 2.05) is 36.4 Å². The number of benzene rings is 2. The summed E-state index contributed by atoms with van der Waals surface area (Å²) in [7, 11) is 0. The van der Waals surface area contributed by atoms with Crippen molar-refractivity contribution in [2.75, 3.05) is 23.7 Å². The zero-order chi connectivity index (χ0) is 20.6. The van der Waals surface area contributed by atoms with Gasteiger partial charge in [0.2, 0.25) is 0 Å². The number of aliphatic imine (C=N–C) groups is 1. The van der Waals surface area contributed by atoms with Crippen molar-refractivity contribution in [3.63, 3.8) is 0 Å². The topological polar surface area (TPSA) is 123 Å². The van der Waals surface area contributed by atoms with Gasteiger partial charge in [-0.05, 0) is 61.1 Å². The number of amides is 1. The lowest BCUT2D eigenvalue weighted by atomic mass is 10.1. The molecule has 2 aliphatic rings. The van der Waals surface area contributed by atoms with E-state index in [1.165, 1.54) is 18.4 Å². The Kier molecular flexibility index (Phi) is 6.67. The maximum Gasteiger partial charge on any atom is 0.503 e. The van der Waals surface area contributed by atoms with E-state index in [2.05, 4.69) is 33.1 Å². The number of rotatable bonds is 4. The summed E-state index contributed by atoms with van der Waals surface area (Å²) in [6.45, 7) is 1.75. The molecule has 1 aliphatic carbocycles. The predicted octanol–water partition coefficient (Wildman–Crippen LogP) is 3.80. The number of nitrogens with zero attached hydrogens (tertiary/aromatic N) is 1. The van der Waals surface area contributed by atoms with Gasteiger partial charge < -0.3 is 26.2 Å². The Morgan fingerprint density at radius 1 is 1.03 bits per heavy atom. The Labute approximate surface area is 168 Å². The van der Waals surface area contributed by atoms with Gasteiger partial charge in [-0.1, -0.05) is 18.2 Å². The molecule has 5 N–H and O–H groups in total. The summed E-state index contributed by atoms with van der Waals surface area (Å²) in [5.74, 6) is 1.38. The van der Waals surface area contributed by atoms with E-state index in [4.69, 9.17) is 15.0 Å². The molecule has 1 heterocycles. The number of carboxylic acid groups (broad SMARTS) is 2. The predicted molar refractivity (Wildman–Crippen MR) is 112 cm³/mol. The number of guanidine groups is 1. The Morgan fingerprint density at radius 3 is 2.38 bits per heavy atom. The van der Waals surface area contributed by atoms with Gasteiger partial charge in [0, 0.05) is 30.0 Å². The van der Waals surface area contributed by atoms with Crippen LogP contribution in [-0.2, 0) is 0 Å². The van der Waals surface area contributed by atoms with Gasteiger partial charge in [-0.15, -0.1) is 0 Å². The molecular weight excluding hydrogens is 372 g/mol. The van der Waals surface area contributed by atoms with Crippen molar-refractivity contribution in [3.05, 3.63) is 59.7 Å². The molecule has 0 radical (unpaired) electrons. The van der Waals surface area contributed by atoms with Crippen LogP contribution < -0.4 is 16.0 Å². The molecule has 4 rings (SSSR count). The second kappa shape index (κ2) is 9.59. The summed E-state index contributed by atoms with van der Waals surface area (Å²) in [6.07, 6.45) is 1.78. The summed E-state index contributed by atoms with van der Waals surface area (Å²) < 4.78 is 0. The first-order valence-corrected chi connectivity index (χ1v) is 9.50. The molecule has 0 bridgehead atoms. The molecule has 1 aliphatic heterocycles. The van der Waals surface area contributed by atoms with Crippen LogP contribution in [0, 0.1) is 0 Å². The fraction of sp³-hybridized carbons (Fsp3) is 0.286. The quantitative estimate of drug-likeness (QED) is 0.536. The van der Waals surface area contributed by atoms with Crippen LogP contribution in [0.15, 0.2) is 53.5 Å². The highest BCUT2D eigenvalue weighted by molar-refractivity contribution is 6.05. The Morgan fingerprint density at radius 2 is 1.76 bits per heavy atom. The van der Waals surface area contributed by atoms with E-state index < -0.39 is 6.16 Å². The van der Waals surface area contributed by atoms with Crippen LogP contribution >= 0.6 is 0 Å². The highest BCUT2D eigenvalue weighted by atomic mass is 16.6. The van der Waals surface area contributed by atoms with Gasteiger partial charge >= 0.3 is 6.16 Å². The maximum absolute atomic E-state index is 12.5. The summed E-state index contributed by atoms with van der Waals surface area (Å²) >= 11 is 0. The number of anilines is 2. The van der Waals surface area contributed by atoms with Gasteiger partial charge in [0.15, 0.2) is 5.96 Å². The number of carbonyl (C=O) groups is 2. The minimum Gasteiger partial charge on any atom is -0.450 e. The van der Waals surface area contributed by atoms with Crippen molar-refractivity contribution in [1.82, 2.24) is 5.32 Å². The zero-order valence-electron chi connectivity index (χ0n) is 15.9. The summed E-state index contributed by atoms with van der Waals surface area (Å²) in [4.78, 5) is 25.4. The van der Waals surface area contributed by atoms with Crippen LogP contribution in [0.25, 0.3) is 0 Å². The SMILES string of the molecule is O=C(Nc1ccc(C2CC2)cc1)c1cccc(NC2=NCCCN2)c1.O=C(O)O. The third kappa shape index (κ3) is 6.53. The lowest BCUT2D eigenvalue weighted by Crippen LogP contribution is -2.35. The van der Waals surface area contributed by atoms with E-state index in [0.29, 0.717) is 5.56 Å². The van der Waals surface area contributed by atoms with Gasteiger partial charge in [-0.3, -0.25) is 9.79 Å². The van der Waals surface area contributed by atoms with E-state index in [0.717, 1.165) is 42.8 Å². The number of hydrogen-bond acceptors (Lipinski definition) is 5. The molecule has 8 heteroatoms. The number of nitrogens with one attached hydrogen (secondary N) is 3. The summed E-state index contributed by atoms with van der Waals surface area (Å²) in [6, 6.07) is 15.6. The molecule has 2 aromatic rings. The number of carbonyl (C=O) groups excluding carboxylic acids is 1. The molecule has 2 aromatic carbocycles. The molecule has 0 spiro atoms. The van der Waals surface area contributed by atoms with Crippen LogP contribution in [-0.4, -0.2) is 41.3 Å². The van der Waals surface area contributed by atoms with Crippen molar-refractivity contribution >= 4 is 29.4 Å². The van der Waals surface area contributed by atoms with Crippen molar-refractivity contribution < 1.29 is 19.8 Å². The largest absolute Gasteiger partial charge is 0.503 e. The molecule has 29 heavy (non-hydrogen) atoms. The summed E-state index contributed by atoms with van der Waals surface area (Å²) in [5.41, 5.74) is 3.66. The molecule has 1 saturated carbocycles. The van der Waals surface area contributed by atoms with Gasteiger partial charge in [-0.2, -0.15) is 0 Å². The van der Waals surface area contributed by atoms with Crippen molar-refractivity contribution in [3.8, 4) is 0 Å². The van der Waals surface area contributed by atoms with Crippen molar-refractivity contribution in [2.45, 2.75) is 25.2 Å². The van der Waals surface area contributed by atoms with Gasteiger partial charge in [0.1, 0.15) is 0 Å². The highest BCUT2D eigenvalue weighted by Crippen LogP contribution is 2.40. The van der Waals surface area contributed by atoms with Crippen LogP contribution in [0.3, 0.4) is 0 Å². The van der Waals surface area contributed by atoms with E-state index >= 15 is 0 Å². The zero-order valence-corrected chi connectivity index (χ0v) is 15.9. The Hall–Kier alpha value is -3.55. The van der Waals surface area contributed by atoms with Crippen LogP contribution in [0.2, 0.25) is 0 Å². The second-order valence-electron chi connectivity index (χ2n) is 6.85. The first-order valence-electron chi connectivity index (χ1n) is 9.50. The van der Waals surface area contributed by atoms with Crippen LogP contribution in [0.1, 0.15) is 41.1 Å². The second-order valence-corrected chi connectivity index (χ2v) is 6.85. The highest BCUT2D eigenvalue weighted by Gasteiger charge is 2.23. The lowest BCUT2D eigenvalue weighted by molar-refractivity contribution is 0.102. The van der Waals surface area contributed by atoms with Gasteiger partial charge in [0.05, 0.1) is 0 Å². The van der Waals surface area contributed by atoms with Gasteiger partial charge in [0.25, 0.3) is 5.91 Å². The van der Waals surface area contributed by atoms with Crippen molar-refractivity contribution in [1.29, 1.82) is 0 Å². The Bertz CT molecular complexity index is 888. The smallest absolute Gasteiger partial charge is 0.450 e. The van der Waals surface area contributed by atoms with E-state index in [1.54, 1.807) is 0 Å². The van der Waals surface area contributed by atoms with E-state index in [-0.39, 0.29) is 5.91 Å². The third-order valence-electron chi connectivity index (χ3n) is 4.50. The molecule has 8 nitrogen and oxygen atoms in total. The van der Waals surface area contributed by atoms with Gasteiger partial charge in [-0.25, -0.2) is 4.79 Å². The average Bonchev–Trinajstić information content (AvgIpc) is 3.54. The minimum absolute atomic E-state index is 0.110. The molecule has 1 amide bonds. The standard InChI is InChI=1S/C20H22N4O.CH2O3/c25-19(23-17-9-7-15(8-10-17)14-5-6-14)16-3-1-4-18(13-16)24-20-21-11-2-12-22-20;2-1(3)4/h1,3-4,7-10,13-14H,2,5-6,11-12H2,(H,23,25)(H2,21,22,24);(H2,2,3,4). The molecule has 0 aromatic heterocycles. The fourth-order valence-electron chi connectivity index (χ4n) is 2.95. The molecule has 1 fully saturated rings. The normalized spacial score (nSPS) is 15.1. The molecular formula is C21H24N4O4. The first-order chi connectivity index (χ1) is 14.0. The fourth-order valence-corrected chi connectivity index (χ4v) is 2.95. The van der Waals surface area contributed by atoms with Crippen molar-refractivity contribution in [2.24, 2.45) is 4.99 Å². The molecule has 0 atom stereocenters. The molecule has 0 unspecified atom stereocenters. The maximum atomic E-state index is 12.5. The van der Waals surface area contributed by atoms with Crippen LogP contribution in [0.4, 0.5) is 16.2 Å². The minimum atomic E-state index is -1.83. The first kappa shape index (κ1) is 20.2. The Balaban J connectivity index is 0.000000552. The lowest BCUT2D eigenvalue weighted by Gasteiger charge is -2.16. The molecule has 0 saturated heterocycles. The van der Waals surface area contributed by atoms with Crippen LogP contribution in [0.5, 0.6) is 0 Å². The molecule has 152 valence electrons. The average molecular weight is 396 g/mol.